The van der Waals surface area contributed by atoms with Crippen LogP contribution in [0.5, 0.6) is 0 Å². The summed E-state index contributed by atoms with van der Waals surface area (Å²) in [4.78, 5) is 14.5. The molecule has 1 N–H and O–H groups in total. The van der Waals surface area contributed by atoms with Gasteiger partial charge in [0.15, 0.2) is 5.65 Å². The van der Waals surface area contributed by atoms with Crippen molar-refractivity contribution in [1.82, 2.24) is 9.38 Å². The summed E-state index contributed by atoms with van der Waals surface area (Å²) < 4.78 is 21.0. The molecule has 96 valence electrons. The normalized spacial score (nSPS) is 17.4. The van der Waals surface area contributed by atoms with Crippen molar-refractivity contribution in [2.45, 2.75) is 18.8 Å². The Hall–Kier alpha value is -1.14. The van der Waals surface area contributed by atoms with Gasteiger partial charge in [0.05, 0.1) is 4.47 Å². The minimum absolute atomic E-state index is 0.227. The maximum Gasteiger partial charge on any atom is 0.233 e. The topological polar surface area (TPSA) is 46.5 Å². The van der Waals surface area contributed by atoms with E-state index in [1.54, 1.807) is 10.6 Å². The first-order chi connectivity index (χ1) is 8.66. The molecule has 6 heteroatoms. The van der Waals surface area contributed by atoms with Gasteiger partial charge in [-0.1, -0.05) is 0 Å². The number of pyridine rings is 1. The standard InChI is InChI=1S/C12H12BrFN2O2/c13-8-5-16-6-9(7-1-3-18-4-2-7)15-12(16)10(14)11(8)17/h5-7,15H,1-4H2. The second-order valence-electron chi connectivity index (χ2n) is 4.47. The summed E-state index contributed by atoms with van der Waals surface area (Å²) in [6.07, 6.45) is 5.26. The van der Waals surface area contributed by atoms with Gasteiger partial charge in [-0.2, -0.15) is 4.39 Å². The molecule has 1 fully saturated rings. The molecule has 1 saturated heterocycles. The van der Waals surface area contributed by atoms with Crippen LogP contribution < -0.4 is 5.43 Å². The van der Waals surface area contributed by atoms with E-state index in [1.165, 1.54) is 0 Å². The lowest BCUT2D eigenvalue weighted by molar-refractivity contribution is 0.0846. The van der Waals surface area contributed by atoms with Crippen LogP contribution in [0.3, 0.4) is 0 Å². The van der Waals surface area contributed by atoms with E-state index in [2.05, 4.69) is 20.9 Å². The van der Waals surface area contributed by atoms with Crippen LogP contribution >= 0.6 is 15.9 Å². The highest BCUT2D eigenvalue weighted by Crippen LogP contribution is 2.26. The van der Waals surface area contributed by atoms with Gasteiger partial charge in [0, 0.05) is 37.2 Å². The summed E-state index contributed by atoms with van der Waals surface area (Å²) in [5, 5.41) is 0. The lowest BCUT2D eigenvalue weighted by atomic mass is 9.97. The number of halogens is 2. The summed E-state index contributed by atoms with van der Waals surface area (Å²) in [6, 6.07) is 0. The fourth-order valence-electron chi connectivity index (χ4n) is 2.33. The van der Waals surface area contributed by atoms with Crippen LogP contribution in [-0.4, -0.2) is 22.6 Å². The average Bonchev–Trinajstić information content (AvgIpc) is 2.81. The third-order valence-corrected chi connectivity index (χ3v) is 3.90. The molecule has 0 aliphatic carbocycles. The number of fused-ring (bicyclic) bond motifs is 1. The van der Waals surface area contributed by atoms with Gasteiger partial charge in [-0.25, -0.2) is 0 Å². The van der Waals surface area contributed by atoms with Gasteiger partial charge in [0.25, 0.3) is 0 Å². The lowest BCUT2D eigenvalue weighted by Crippen LogP contribution is -2.14. The van der Waals surface area contributed by atoms with Gasteiger partial charge in [0.1, 0.15) is 0 Å². The van der Waals surface area contributed by atoms with Crippen molar-refractivity contribution >= 4 is 21.6 Å². The van der Waals surface area contributed by atoms with Crippen LogP contribution in [0.15, 0.2) is 21.7 Å². The van der Waals surface area contributed by atoms with E-state index in [-0.39, 0.29) is 10.1 Å². The zero-order valence-electron chi connectivity index (χ0n) is 9.58. The van der Waals surface area contributed by atoms with E-state index < -0.39 is 11.2 Å². The fourth-order valence-corrected chi connectivity index (χ4v) is 2.72. The van der Waals surface area contributed by atoms with Crippen molar-refractivity contribution in [1.29, 1.82) is 0 Å². The first kappa shape index (κ1) is 11.9. The third-order valence-electron chi connectivity index (χ3n) is 3.34. The Bertz CT molecular complexity index is 643. The van der Waals surface area contributed by atoms with E-state index in [4.69, 9.17) is 4.74 Å². The largest absolute Gasteiger partial charge is 0.381 e. The van der Waals surface area contributed by atoms with Gasteiger partial charge in [-0.3, -0.25) is 4.79 Å². The zero-order valence-corrected chi connectivity index (χ0v) is 11.2. The van der Waals surface area contributed by atoms with E-state index in [9.17, 15) is 9.18 Å². The van der Waals surface area contributed by atoms with Crippen LogP contribution in [-0.2, 0) is 4.74 Å². The number of hydrogen-bond acceptors (Lipinski definition) is 2. The highest BCUT2D eigenvalue weighted by Gasteiger charge is 2.19. The summed E-state index contributed by atoms with van der Waals surface area (Å²) >= 11 is 3.07. The number of nitrogens with zero attached hydrogens (tertiary/aromatic N) is 1. The molecule has 0 saturated carbocycles. The second-order valence-corrected chi connectivity index (χ2v) is 5.33. The number of aromatic amines is 1. The maximum absolute atomic E-state index is 13.8. The van der Waals surface area contributed by atoms with Crippen molar-refractivity contribution < 1.29 is 9.13 Å². The molecule has 1 aliphatic rings. The van der Waals surface area contributed by atoms with Gasteiger partial charge in [-0.15, -0.1) is 0 Å². The molecule has 0 aromatic carbocycles. The van der Waals surface area contributed by atoms with Gasteiger partial charge in [-0.05, 0) is 28.8 Å². The Labute approximate surface area is 111 Å². The Morgan fingerprint density at radius 2 is 2.11 bits per heavy atom. The minimum Gasteiger partial charge on any atom is -0.381 e. The first-order valence-corrected chi connectivity index (χ1v) is 6.62. The number of hydrogen-bond donors (Lipinski definition) is 1. The van der Waals surface area contributed by atoms with E-state index in [1.807, 2.05) is 6.20 Å². The first-order valence-electron chi connectivity index (χ1n) is 5.83. The summed E-state index contributed by atoms with van der Waals surface area (Å²) in [7, 11) is 0. The summed E-state index contributed by atoms with van der Waals surface area (Å²) in [5.41, 5.74) is 0.565. The van der Waals surface area contributed by atoms with Crippen LogP contribution in [0.1, 0.15) is 24.5 Å². The molecule has 18 heavy (non-hydrogen) atoms. The van der Waals surface area contributed by atoms with E-state index in [0.29, 0.717) is 5.92 Å². The fraction of sp³-hybridized carbons (Fsp3) is 0.417. The molecule has 0 unspecified atom stereocenters. The second kappa shape index (κ2) is 4.51. The van der Waals surface area contributed by atoms with Crippen molar-refractivity contribution in [3.05, 3.63) is 38.6 Å². The molecular formula is C12H12BrFN2O2. The SMILES string of the molecule is O=c1c(Br)cn2cc(C3CCOCC3)[nH]c2c1F. The van der Waals surface area contributed by atoms with E-state index >= 15 is 0 Å². The quantitative estimate of drug-likeness (QED) is 0.878. The zero-order chi connectivity index (χ0) is 12.7. The molecule has 3 rings (SSSR count). The predicted octanol–water partition coefficient (Wildman–Crippen LogP) is 2.42. The van der Waals surface area contributed by atoms with Crippen molar-refractivity contribution in [2.75, 3.05) is 13.2 Å². The monoisotopic (exact) mass is 314 g/mol. The number of ether oxygens (including phenoxy) is 1. The highest BCUT2D eigenvalue weighted by atomic mass is 79.9. The molecule has 0 spiro atoms. The lowest BCUT2D eigenvalue weighted by Gasteiger charge is -2.20. The van der Waals surface area contributed by atoms with Gasteiger partial charge >= 0.3 is 0 Å². The molecule has 2 aromatic rings. The molecule has 0 atom stereocenters. The van der Waals surface area contributed by atoms with E-state index in [0.717, 1.165) is 31.7 Å². The number of H-pyrrole nitrogens is 1. The van der Waals surface area contributed by atoms with Crippen molar-refractivity contribution in [3.63, 3.8) is 0 Å². The number of aromatic nitrogens is 2. The van der Waals surface area contributed by atoms with Crippen molar-refractivity contribution in [2.24, 2.45) is 0 Å². The van der Waals surface area contributed by atoms with Crippen LogP contribution in [0.25, 0.3) is 5.65 Å². The summed E-state index contributed by atoms with van der Waals surface area (Å²) in [5.74, 6) is -0.408. The molecule has 0 radical (unpaired) electrons. The molecule has 4 nitrogen and oxygen atoms in total. The Morgan fingerprint density at radius 1 is 1.39 bits per heavy atom. The third kappa shape index (κ3) is 1.89. The molecule has 1 aliphatic heterocycles. The maximum atomic E-state index is 13.8. The molecular weight excluding hydrogens is 303 g/mol. The Balaban J connectivity index is 2.10. The summed E-state index contributed by atoms with van der Waals surface area (Å²) in [6.45, 7) is 1.45. The average molecular weight is 315 g/mol. The van der Waals surface area contributed by atoms with Gasteiger partial charge < -0.3 is 14.1 Å². The van der Waals surface area contributed by atoms with Crippen LogP contribution in [0.2, 0.25) is 0 Å². The Morgan fingerprint density at radius 3 is 2.83 bits per heavy atom. The van der Waals surface area contributed by atoms with Crippen LogP contribution in [0.4, 0.5) is 4.39 Å². The number of nitrogens with one attached hydrogen (secondary N) is 1. The smallest absolute Gasteiger partial charge is 0.233 e. The van der Waals surface area contributed by atoms with Gasteiger partial charge in [0.2, 0.25) is 11.2 Å². The minimum atomic E-state index is -0.748. The number of imidazole rings is 1. The molecule has 2 aromatic heterocycles. The highest BCUT2D eigenvalue weighted by molar-refractivity contribution is 9.10. The van der Waals surface area contributed by atoms with Crippen molar-refractivity contribution in [3.8, 4) is 0 Å². The van der Waals surface area contributed by atoms with Crippen LogP contribution in [0, 0.1) is 5.82 Å². The predicted molar refractivity (Wildman–Crippen MR) is 68.5 cm³/mol. The Kier molecular flexibility index (Phi) is 2.99. The molecule has 0 amide bonds. The number of rotatable bonds is 1. The molecule has 0 bridgehead atoms. The molecule has 3 heterocycles.